The largest absolute Gasteiger partial charge is 0.349 e. The molecule has 2 rings (SSSR count). The Labute approximate surface area is 94.9 Å². The third-order valence-corrected chi connectivity index (χ3v) is 3.10. The van der Waals surface area contributed by atoms with E-state index in [1.165, 1.54) is 0 Å². The molecular formula is C13H16FNO. The summed E-state index contributed by atoms with van der Waals surface area (Å²) in [7, 11) is 0. The summed E-state index contributed by atoms with van der Waals surface area (Å²) in [5, 5.41) is 2.67. The fraction of sp³-hybridized carbons (Fsp3) is 0.462. The molecule has 1 aromatic rings. The Balaban J connectivity index is 1.89. The van der Waals surface area contributed by atoms with E-state index in [4.69, 9.17) is 0 Å². The molecule has 0 aliphatic heterocycles. The highest BCUT2D eigenvalue weighted by Crippen LogP contribution is 2.32. The number of carbonyl (C=O) groups excluding carboxylic acids is 1. The molecule has 86 valence electrons. The summed E-state index contributed by atoms with van der Waals surface area (Å²) in [6.45, 7) is 0.140. The second-order valence-electron chi connectivity index (χ2n) is 4.41. The van der Waals surface area contributed by atoms with Crippen molar-refractivity contribution in [3.63, 3.8) is 0 Å². The third kappa shape index (κ3) is 2.60. The minimum absolute atomic E-state index is 0.140. The molecule has 16 heavy (non-hydrogen) atoms. The molecule has 0 radical (unpaired) electrons. The molecule has 1 fully saturated rings. The second-order valence-corrected chi connectivity index (χ2v) is 4.41. The zero-order valence-corrected chi connectivity index (χ0v) is 9.21. The lowest BCUT2D eigenvalue weighted by atomic mass is 10.0. The number of alkyl halides is 1. The number of carbonyl (C=O) groups is 1. The quantitative estimate of drug-likeness (QED) is 0.835. The van der Waals surface area contributed by atoms with E-state index in [1.54, 1.807) is 24.3 Å². The first-order chi connectivity index (χ1) is 7.70. The topological polar surface area (TPSA) is 29.1 Å². The van der Waals surface area contributed by atoms with Crippen LogP contribution in [0.25, 0.3) is 0 Å². The maximum absolute atomic E-state index is 14.0. The number of hydrogen-bond donors (Lipinski definition) is 1. The molecule has 1 saturated carbocycles. The van der Waals surface area contributed by atoms with Crippen molar-refractivity contribution in [3.8, 4) is 0 Å². The van der Waals surface area contributed by atoms with Crippen molar-refractivity contribution in [2.75, 3.05) is 6.54 Å². The van der Waals surface area contributed by atoms with Crippen LogP contribution >= 0.6 is 0 Å². The number of hydrogen-bond acceptors (Lipinski definition) is 1. The van der Waals surface area contributed by atoms with Gasteiger partial charge in [-0.3, -0.25) is 4.79 Å². The molecule has 1 aliphatic rings. The molecule has 3 heteroatoms. The Morgan fingerprint density at radius 3 is 2.50 bits per heavy atom. The van der Waals surface area contributed by atoms with E-state index in [1.807, 2.05) is 6.07 Å². The van der Waals surface area contributed by atoms with Crippen LogP contribution in [0, 0.1) is 0 Å². The van der Waals surface area contributed by atoms with Crippen molar-refractivity contribution >= 4 is 5.91 Å². The molecule has 0 bridgehead atoms. The van der Waals surface area contributed by atoms with E-state index in [2.05, 4.69) is 5.32 Å². The van der Waals surface area contributed by atoms with E-state index in [9.17, 15) is 9.18 Å². The number of benzene rings is 1. The monoisotopic (exact) mass is 221 g/mol. The molecule has 1 amide bonds. The molecule has 1 aromatic carbocycles. The Morgan fingerprint density at radius 1 is 1.25 bits per heavy atom. The van der Waals surface area contributed by atoms with Crippen molar-refractivity contribution in [1.82, 2.24) is 5.32 Å². The zero-order valence-electron chi connectivity index (χ0n) is 9.21. The van der Waals surface area contributed by atoms with E-state index in [-0.39, 0.29) is 12.5 Å². The maximum atomic E-state index is 14.0. The first kappa shape index (κ1) is 11.1. The molecule has 0 unspecified atom stereocenters. The van der Waals surface area contributed by atoms with Gasteiger partial charge in [0.25, 0.3) is 5.91 Å². The number of rotatable bonds is 3. The lowest BCUT2D eigenvalue weighted by Gasteiger charge is -2.19. The minimum atomic E-state index is -1.18. The van der Waals surface area contributed by atoms with Crippen LogP contribution in [0.15, 0.2) is 30.3 Å². The third-order valence-electron chi connectivity index (χ3n) is 3.10. The van der Waals surface area contributed by atoms with Crippen molar-refractivity contribution in [2.45, 2.75) is 31.4 Å². The number of nitrogens with one attached hydrogen (secondary N) is 1. The summed E-state index contributed by atoms with van der Waals surface area (Å²) in [6.07, 6.45) is 3.00. The van der Waals surface area contributed by atoms with Crippen LogP contribution in [0.2, 0.25) is 0 Å². The lowest BCUT2D eigenvalue weighted by Crippen LogP contribution is -2.37. The van der Waals surface area contributed by atoms with Crippen molar-refractivity contribution in [3.05, 3.63) is 35.9 Å². The maximum Gasteiger partial charge on any atom is 0.251 e. The molecule has 2 nitrogen and oxygen atoms in total. The normalized spacial score (nSPS) is 18.3. The average Bonchev–Trinajstić information content (AvgIpc) is 2.75. The summed E-state index contributed by atoms with van der Waals surface area (Å²) >= 11 is 0. The zero-order chi connectivity index (χ0) is 11.4. The second kappa shape index (κ2) is 4.64. The molecule has 0 heterocycles. The summed E-state index contributed by atoms with van der Waals surface area (Å²) in [6, 6.07) is 8.92. The highest BCUT2D eigenvalue weighted by Gasteiger charge is 2.33. The van der Waals surface area contributed by atoms with Gasteiger partial charge in [0.05, 0.1) is 6.54 Å². The molecular weight excluding hydrogens is 205 g/mol. The Morgan fingerprint density at radius 2 is 1.88 bits per heavy atom. The van der Waals surface area contributed by atoms with Gasteiger partial charge >= 0.3 is 0 Å². The van der Waals surface area contributed by atoms with Crippen LogP contribution in [-0.2, 0) is 0 Å². The van der Waals surface area contributed by atoms with Crippen LogP contribution in [0.5, 0.6) is 0 Å². The molecule has 1 aliphatic carbocycles. The summed E-state index contributed by atoms with van der Waals surface area (Å²) in [5.41, 5.74) is -0.589. The van der Waals surface area contributed by atoms with Crippen LogP contribution in [-0.4, -0.2) is 18.1 Å². The summed E-state index contributed by atoms with van der Waals surface area (Å²) in [4.78, 5) is 11.7. The first-order valence-corrected chi connectivity index (χ1v) is 5.72. The van der Waals surface area contributed by atoms with Gasteiger partial charge in [-0.05, 0) is 25.0 Å². The van der Waals surface area contributed by atoms with Gasteiger partial charge in [0.2, 0.25) is 0 Å². The molecule has 1 N–H and O–H groups in total. The van der Waals surface area contributed by atoms with Gasteiger partial charge in [-0.25, -0.2) is 4.39 Å². The fourth-order valence-electron chi connectivity index (χ4n) is 2.12. The molecule has 0 saturated heterocycles. The van der Waals surface area contributed by atoms with Gasteiger partial charge in [0.15, 0.2) is 0 Å². The van der Waals surface area contributed by atoms with E-state index in [0.29, 0.717) is 18.4 Å². The predicted octanol–water partition coefficient (Wildman–Crippen LogP) is 2.70. The number of amides is 1. The predicted molar refractivity (Wildman–Crippen MR) is 61.1 cm³/mol. The highest BCUT2D eigenvalue weighted by molar-refractivity contribution is 5.94. The van der Waals surface area contributed by atoms with Gasteiger partial charge in [0.1, 0.15) is 5.67 Å². The van der Waals surface area contributed by atoms with Crippen LogP contribution in [0.4, 0.5) is 4.39 Å². The van der Waals surface area contributed by atoms with Gasteiger partial charge < -0.3 is 5.32 Å². The van der Waals surface area contributed by atoms with Crippen molar-refractivity contribution < 1.29 is 9.18 Å². The lowest BCUT2D eigenvalue weighted by molar-refractivity contribution is 0.0902. The summed E-state index contributed by atoms with van der Waals surface area (Å²) < 4.78 is 14.0. The fourth-order valence-corrected chi connectivity index (χ4v) is 2.12. The van der Waals surface area contributed by atoms with Crippen molar-refractivity contribution in [1.29, 1.82) is 0 Å². The Bertz CT molecular complexity index is 357. The molecule has 0 spiro atoms. The van der Waals surface area contributed by atoms with Crippen molar-refractivity contribution in [2.24, 2.45) is 0 Å². The first-order valence-electron chi connectivity index (χ1n) is 5.72. The van der Waals surface area contributed by atoms with E-state index >= 15 is 0 Å². The Hall–Kier alpha value is -1.38. The van der Waals surface area contributed by atoms with Gasteiger partial charge in [-0.1, -0.05) is 31.0 Å². The SMILES string of the molecule is O=C(NCC1(F)CCCC1)c1ccccc1. The van der Waals surface area contributed by atoms with Gasteiger partial charge in [0, 0.05) is 5.56 Å². The highest BCUT2D eigenvalue weighted by atomic mass is 19.1. The molecule has 0 aromatic heterocycles. The Kier molecular flexibility index (Phi) is 3.22. The molecule has 0 atom stereocenters. The number of halogens is 1. The average molecular weight is 221 g/mol. The van der Waals surface area contributed by atoms with Crippen LogP contribution < -0.4 is 5.32 Å². The van der Waals surface area contributed by atoms with E-state index in [0.717, 1.165) is 12.8 Å². The minimum Gasteiger partial charge on any atom is -0.349 e. The van der Waals surface area contributed by atoms with Crippen LogP contribution in [0.1, 0.15) is 36.0 Å². The smallest absolute Gasteiger partial charge is 0.251 e. The standard InChI is InChI=1S/C13H16FNO/c14-13(8-4-5-9-13)10-15-12(16)11-6-2-1-3-7-11/h1-3,6-7H,4-5,8-10H2,(H,15,16). The summed E-state index contributed by atoms with van der Waals surface area (Å²) in [5.74, 6) is -0.190. The van der Waals surface area contributed by atoms with E-state index < -0.39 is 5.67 Å². The van der Waals surface area contributed by atoms with Crippen LogP contribution in [0.3, 0.4) is 0 Å². The van der Waals surface area contributed by atoms with Gasteiger partial charge in [-0.2, -0.15) is 0 Å². The van der Waals surface area contributed by atoms with Gasteiger partial charge in [-0.15, -0.1) is 0 Å².